The van der Waals surface area contributed by atoms with E-state index in [0.29, 0.717) is 23.1 Å². The molecule has 0 fully saturated rings. The smallest absolute Gasteiger partial charge is 0.224 e. The van der Waals surface area contributed by atoms with Crippen molar-refractivity contribution in [1.82, 2.24) is 9.97 Å². The Balaban J connectivity index is 1.37. The third-order valence-electron chi connectivity index (χ3n) is 5.59. The molecule has 0 spiro atoms. The summed E-state index contributed by atoms with van der Waals surface area (Å²) in [6.45, 7) is 0.749. The molecular weight excluding hydrogens is 427 g/mol. The standard InChI is InChI=1S/C27H25FN6/c28-22-15-7-8-16-23(22)32-25-19-30-24-18-31-27(29-17-9-12-20-10-3-1-4-11-20)33-26(24)34(25)21-13-5-2-6-14-21/h1-8,10-11,13-16,18-19,25,32H,9,12,17H2,(H,29,31,33). The molecule has 1 aliphatic rings. The van der Waals surface area contributed by atoms with E-state index < -0.39 is 6.17 Å². The summed E-state index contributed by atoms with van der Waals surface area (Å²) in [6.07, 6.45) is 4.98. The number of para-hydroxylation sites is 2. The number of hydrogen-bond donors (Lipinski definition) is 2. The highest BCUT2D eigenvalue weighted by Gasteiger charge is 2.28. The van der Waals surface area contributed by atoms with Gasteiger partial charge in [0.15, 0.2) is 5.82 Å². The summed E-state index contributed by atoms with van der Waals surface area (Å²) in [5.41, 5.74) is 3.28. The minimum atomic E-state index is -0.423. The number of nitrogens with zero attached hydrogens (tertiary/aromatic N) is 4. The van der Waals surface area contributed by atoms with E-state index in [1.54, 1.807) is 30.6 Å². The minimum Gasteiger partial charge on any atom is -0.358 e. The molecule has 2 N–H and O–H groups in total. The quantitative estimate of drug-likeness (QED) is 0.323. The Morgan fingerprint density at radius 3 is 2.41 bits per heavy atom. The maximum absolute atomic E-state index is 14.4. The SMILES string of the molecule is Fc1ccccc1NC1C=Nc2cnc(NCCCc3ccccc3)nc2N1c1ccccc1. The zero-order valence-electron chi connectivity index (χ0n) is 18.6. The molecule has 0 saturated carbocycles. The molecule has 0 bridgehead atoms. The summed E-state index contributed by atoms with van der Waals surface area (Å²) in [7, 11) is 0. The predicted octanol–water partition coefficient (Wildman–Crippen LogP) is 5.95. The number of hydrogen-bond acceptors (Lipinski definition) is 6. The van der Waals surface area contributed by atoms with E-state index in [4.69, 9.17) is 4.98 Å². The van der Waals surface area contributed by atoms with Crippen LogP contribution in [0.5, 0.6) is 0 Å². The van der Waals surface area contributed by atoms with Crippen molar-refractivity contribution < 1.29 is 4.39 Å². The van der Waals surface area contributed by atoms with E-state index in [9.17, 15) is 4.39 Å². The first-order chi connectivity index (χ1) is 16.8. The lowest BCUT2D eigenvalue weighted by Crippen LogP contribution is -2.41. The van der Waals surface area contributed by atoms with Crippen LogP contribution in [0.4, 0.5) is 33.2 Å². The van der Waals surface area contributed by atoms with Crippen molar-refractivity contribution in [1.29, 1.82) is 0 Å². The van der Waals surface area contributed by atoms with Crippen LogP contribution in [0.25, 0.3) is 0 Å². The van der Waals surface area contributed by atoms with Crippen molar-refractivity contribution in [2.75, 3.05) is 22.1 Å². The van der Waals surface area contributed by atoms with Gasteiger partial charge in [-0.15, -0.1) is 0 Å². The third kappa shape index (κ3) is 4.88. The fraction of sp³-hybridized carbons (Fsp3) is 0.148. The number of anilines is 4. The van der Waals surface area contributed by atoms with Gasteiger partial charge >= 0.3 is 0 Å². The lowest BCUT2D eigenvalue weighted by Gasteiger charge is -2.34. The average molecular weight is 453 g/mol. The first kappa shape index (κ1) is 21.6. The lowest BCUT2D eigenvalue weighted by molar-refractivity contribution is 0.629. The van der Waals surface area contributed by atoms with Crippen LogP contribution in [0.15, 0.2) is 96.1 Å². The molecule has 1 aromatic heterocycles. The number of aryl methyl sites for hydroxylation is 1. The number of nitrogens with one attached hydrogen (secondary N) is 2. The van der Waals surface area contributed by atoms with Gasteiger partial charge in [0.25, 0.3) is 0 Å². The summed E-state index contributed by atoms with van der Waals surface area (Å²) in [4.78, 5) is 15.8. The van der Waals surface area contributed by atoms with E-state index in [-0.39, 0.29) is 5.82 Å². The zero-order valence-corrected chi connectivity index (χ0v) is 18.6. The largest absolute Gasteiger partial charge is 0.358 e. The van der Waals surface area contributed by atoms with E-state index in [1.807, 2.05) is 41.3 Å². The highest BCUT2D eigenvalue weighted by atomic mass is 19.1. The topological polar surface area (TPSA) is 65.4 Å². The molecule has 4 aromatic rings. The fourth-order valence-corrected chi connectivity index (χ4v) is 3.92. The van der Waals surface area contributed by atoms with Crippen LogP contribution in [0, 0.1) is 5.82 Å². The highest BCUT2D eigenvalue weighted by Crippen LogP contribution is 2.37. The second-order valence-electron chi connectivity index (χ2n) is 7.97. The van der Waals surface area contributed by atoms with Gasteiger partial charge in [0.2, 0.25) is 5.95 Å². The zero-order chi connectivity index (χ0) is 23.2. The fourth-order valence-electron chi connectivity index (χ4n) is 3.92. The molecule has 34 heavy (non-hydrogen) atoms. The van der Waals surface area contributed by atoms with E-state index in [1.165, 1.54) is 11.6 Å². The van der Waals surface area contributed by atoms with Crippen molar-refractivity contribution in [2.45, 2.75) is 19.0 Å². The van der Waals surface area contributed by atoms with Gasteiger partial charge in [-0.2, -0.15) is 4.98 Å². The Kier molecular flexibility index (Phi) is 6.42. The molecule has 3 aromatic carbocycles. The molecule has 1 atom stereocenters. The van der Waals surface area contributed by atoms with Crippen LogP contribution < -0.4 is 15.5 Å². The van der Waals surface area contributed by atoms with E-state index in [2.05, 4.69) is 44.9 Å². The third-order valence-corrected chi connectivity index (χ3v) is 5.59. The van der Waals surface area contributed by atoms with Gasteiger partial charge in [0.1, 0.15) is 17.7 Å². The number of rotatable bonds is 8. The molecule has 5 rings (SSSR count). The van der Waals surface area contributed by atoms with Crippen LogP contribution in [0.3, 0.4) is 0 Å². The molecule has 2 heterocycles. The van der Waals surface area contributed by atoms with Crippen molar-refractivity contribution in [3.8, 4) is 0 Å². The molecular formula is C27H25FN6. The first-order valence-corrected chi connectivity index (χ1v) is 11.3. The van der Waals surface area contributed by atoms with Crippen molar-refractivity contribution in [3.05, 3.63) is 103 Å². The second kappa shape index (κ2) is 10.1. The molecule has 0 aliphatic carbocycles. The molecule has 1 unspecified atom stereocenters. The average Bonchev–Trinajstić information content (AvgIpc) is 2.89. The monoisotopic (exact) mass is 452 g/mol. The minimum absolute atomic E-state index is 0.321. The Morgan fingerprint density at radius 1 is 0.882 bits per heavy atom. The maximum atomic E-state index is 14.4. The molecule has 1 aliphatic heterocycles. The van der Waals surface area contributed by atoms with Gasteiger partial charge < -0.3 is 10.6 Å². The van der Waals surface area contributed by atoms with Gasteiger partial charge in [-0.05, 0) is 42.7 Å². The van der Waals surface area contributed by atoms with Crippen LogP contribution in [-0.4, -0.2) is 28.9 Å². The Labute approximate surface area is 198 Å². The Hall–Kier alpha value is -4.26. The molecule has 0 amide bonds. The maximum Gasteiger partial charge on any atom is 0.224 e. The van der Waals surface area contributed by atoms with Crippen molar-refractivity contribution in [2.24, 2.45) is 4.99 Å². The van der Waals surface area contributed by atoms with Crippen molar-refractivity contribution >= 4 is 35.0 Å². The van der Waals surface area contributed by atoms with Gasteiger partial charge in [-0.1, -0.05) is 60.7 Å². The van der Waals surface area contributed by atoms with Crippen LogP contribution in [0.1, 0.15) is 12.0 Å². The van der Waals surface area contributed by atoms with Crippen molar-refractivity contribution in [3.63, 3.8) is 0 Å². The van der Waals surface area contributed by atoms with Gasteiger partial charge in [0.05, 0.1) is 11.9 Å². The molecule has 170 valence electrons. The lowest BCUT2D eigenvalue weighted by atomic mass is 10.1. The van der Waals surface area contributed by atoms with Crippen LogP contribution >= 0.6 is 0 Å². The highest BCUT2D eigenvalue weighted by molar-refractivity contribution is 5.89. The molecule has 0 saturated heterocycles. The molecule has 6 nitrogen and oxygen atoms in total. The van der Waals surface area contributed by atoms with Gasteiger partial charge in [-0.3, -0.25) is 9.89 Å². The number of halogens is 1. The summed E-state index contributed by atoms with van der Waals surface area (Å²) in [5.74, 6) is 0.871. The van der Waals surface area contributed by atoms with E-state index >= 15 is 0 Å². The number of fused-ring (bicyclic) bond motifs is 1. The van der Waals surface area contributed by atoms with Gasteiger partial charge in [0, 0.05) is 18.4 Å². The number of benzene rings is 3. The summed E-state index contributed by atoms with van der Waals surface area (Å²) < 4.78 is 14.4. The van der Waals surface area contributed by atoms with Gasteiger partial charge in [-0.25, -0.2) is 9.37 Å². The normalized spacial score (nSPS) is 14.5. The van der Waals surface area contributed by atoms with Crippen LogP contribution in [-0.2, 0) is 6.42 Å². The summed E-state index contributed by atoms with van der Waals surface area (Å²) in [5, 5.41) is 6.58. The molecule has 0 radical (unpaired) electrons. The summed E-state index contributed by atoms with van der Waals surface area (Å²) in [6, 6.07) is 26.9. The summed E-state index contributed by atoms with van der Waals surface area (Å²) >= 11 is 0. The predicted molar refractivity (Wildman–Crippen MR) is 136 cm³/mol. The first-order valence-electron chi connectivity index (χ1n) is 11.3. The second-order valence-corrected chi connectivity index (χ2v) is 7.97. The van der Waals surface area contributed by atoms with Crippen LogP contribution in [0.2, 0.25) is 0 Å². The molecule has 7 heteroatoms. The Morgan fingerprint density at radius 2 is 1.62 bits per heavy atom. The number of aromatic nitrogens is 2. The van der Waals surface area contributed by atoms with E-state index in [0.717, 1.165) is 25.1 Å². The Bertz CT molecular complexity index is 1260. The number of aliphatic imine (C=N–C) groups is 1.